The second kappa shape index (κ2) is 13.9. The first-order valence-corrected chi connectivity index (χ1v) is 8.01. The van der Waals surface area contributed by atoms with Crippen LogP contribution < -0.4 is 5.73 Å². The Balaban J connectivity index is 0. The molecule has 1 fully saturated rings. The maximum absolute atomic E-state index is 10.7. The number of allylic oxidation sites excluding steroid dienone is 1. The highest BCUT2D eigenvalue weighted by molar-refractivity contribution is 7.85. The molecule has 0 aromatic rings. The summed E-state index contributed by atoms with van der Waals surface area (Å²) in [5.74, 6) is 1.66. The van der Waals surface area contributed by atoms with E-state index in [9.17, 15) is 4.21 Å². The first kappa shape index (κ1) is 19.2. The van der Waals surface area contributed by atoms with Crippen molar-refractivity contribution in [2.45, 2.75) is 47.1 Å². The molecule has 104 valence electrons. The molecule has 3 nitrogen and oxygen atoms in total. The quantitative estimate of drug-likeness (QED) is 0.683. The van der Waals surface area contributed by atoms with Crippen molar-refractivity contribution in [3.05, 3.63) is 11.6 Å². The molecule has 2 rings (SSSR count). The Morgan fingerprint density at radius 2 is 1.76 bits per heavy atom. The fraction of sp³-hybridized carbons (Fsp3) is 0.846. The molecule has 17 heavy (non-hydrogen) atoms. The molecule has 0 saturated carbocycles. The lowest BCUT2D eigenvalue weighted by molar-refractivity contribution is 0.0121. The van der Waals surface area contributed by atoms with Gasteiger partial charge in [-0.05, 0) is 13.3 Å². The Kier molecular flexibility index (Phi) is 15.6. The molecule has 1 saturated heterocycles. The Bertz CT molecular complexity index is 213. The standard InChI is InChI=1S/C6H10OS.C3H7NO.2C2H6/c1-6-2-4-8(7)5-3-6;4-3-1-5-2-3;2*1-2/h2H,3-5H2,1H3;3H,1-2,4H2;2*1-2H3. The monoisotopic (exact) mass is 263 g/mol. The highest BCUT2D eigenvalue weighted by Gasteiger charge is 2.10. The number of hydrogen-bond donors (Lipinski definition) is 1. The minimum atomic E-state index is -0.537. The zero-order valence-corrected chi connectivity index (χ0v) is 12.8. The average molecular weight is 263 g/mol. The maximum Gasteiger partial charge on any atom is 0.0640 e. The third kappa shape index (κ3) is 12.1. The Labute approximate surface area is 109 Å². The number of nitrogens with two attached hydrogens (primary N) is 1. The van der Waals surface area contributed by atoms with Gasteiger partial charge in [0.1, 0.15) is 0 Å². The van der Waals surface area contributed by atoms with E-state index in [1.807, 2.05) is 27.7 Å². The van der Waals surface area contributed by atoms with Gasteiger partial charge in [0.2, 0.25) is 0 Å². The van der Waals surface area contributed by atoms with Gasteiger partial charge in [0, 0.05) is 22.3 Å². The van der Waals surface area contributed by atoms with E-state index in [1.54, 1.807) is 0 Å². The first-order valence-electron chi connectivity index (χ1n) is 6.52. The van der Waals surface area contributed by atoms with Crippen LogP contribution >= 0.6 is 0 Å². The molecule has 2 aliphatic rings. The molecule has 0 radical (unpaired) electrons. The molecule has 0 bridgehead atoms. The predicted octanol–water partition coefficient (Wildman–Crippen LogP) is 2.48. The van der Waals surface area contributed by atoms with Gasteiger partial charge in [-0.15, -0.1) is 0 Å². The Morgan fingerprint density at radius 1 is 1.29 bits per heavy atom. The summed E-state index contributed by atoms with van der Waals surface area (Å²) in [7, 11) is -0.537. The summed E-state index contributed by atoms with van der Waals surface area (Å²) >= 11 is 0. The van der Waals surface area contributed by atoms with E-state index >= 15 is 0 Å². The summed E-state index contributed by atoms with van der Waals surface area (Å²) in [5.41, 5.74) is 6.65. The molecular formula is C13H29NO2S. The van der Waals surface area contributed by atoms with Crippen LogP contribution in [0.25, 0.3) is 0 Å². The zero-order chi connectivity index (χ0) is 13.7. The third-order valence-electron chi connectivity index (χ3n) is 2.01. The normalized spacial score (nSPS) is 22.2. The smallest absolute Gasteiger partial charge is 0.0640 e. The van der Waals surface area contributed by atoms with Gasteiger partial charge < -0.3 is 10.5 Å². The molecule has 2 heterocycles. The van der Waals surface area contributed by atoms with Gasteiger partial charge in [0.15, 0.2) is 0 Å². The van der Waals surface area contributed by atoms with Crippen molar-refractivity contribution in [3.8, 4) is 0 Å². The van der Waals surface area contributed by atoms with Crippen LogP contribution in [-0.2, 0) is 15.5 Å². The second-order valence-electron chi connectivity index (χ2n) is 3.41. The fourth-order valence-electron chi connectivity index (χ4n) is 0.949. The van der Waals surface area contributed by atoms with Gasteiger partial charge in [-0.25, -0.2) is 0 Å². The van der Waals surface area contributed by atoms with Gasteiger partial charge >= 0.3 is 0 Å². The van der Waals surface area contributed by atoms with Crippen LogP contribution in [-0.4, -0.2) is 35.0 Å². The first-order chi connectivity index (χ1) is 8.18. The molecule has 4 heteroatoms. The number of ether oxygens (including phenoxy) is 1. The predicted molar refractivity (Wildman–Crippen MR) is 77.7 cm³/mol. The van der Waals surface area contributed by atoms with Crippen molar-refractivity contribution < 1.29 is 8.95 Å². The lowest BCUT2D eigenvalue weighted by Crippen LogP contribution is -2.41. The third-order valence-corrected chi connectivity index (χ3v) is 3.20. The highest BCUT2D eigenvalue weighted by atomic mass is 32.2. The van der Waals surface area contributed by atoms with Crippen molar-refractivity contribution in [2.24, 2.45) is 5.73 Å². The summed E-state index contributed by atoms with van der Waals surface area (Å²) < 4.78 is 15.4. The van der Waals surface area contributed by atoms with Gasteiger partial charge in [-0.3, -0.25) is 4.21 Å². The molecule has 1 unspecified atom stereocenters. The van der Waals surface area contributed by atoms with Gasteiger partial charge in [-0.2, -0.15) is 0 Å². The van der Waals surface area contributed by atoms with E-state index in [2.05, 4.69) is 13.0 Å². The lowest BCUT2D eigenvalue weighted by Gasteiger charge is -2.20. The van der Waals surface area contributed by atoms with Crippen LogP contribution in [0.4, 0.5) is 0 Å². The van der Waals surface area contributed by atoms with E-state index in [-0.39, 0.29) is 0 Å². The molecule has 2 aliphatic heterocycles. The average Bonchev–Trinajstić information content (AvgIpc) is 2.36. The van der Waals surface area contributed by atoms with E-state index in [0.717, 1.165) is 31.1 Å². The van der Waals surface area contributed by atoms with Crippen LogP contribution in [0.3, 0.4) is 0 Å². The van der Waals surface area contributed by atoms with E-state index in [0.29, 0.717) is 6.04 Å². The fourth-order valence-corrected chi connectivity index (χ4v) is 2.14. The minimum absolute atomic E-state index is 0.343. The van der Waals surface area contributed by atoms with Gasteiger partial charge in [-0.1, -0.05) is 39.3 Å². The van der Waals surface area contributed by atoms with Crippen molar-refractivity contribution in [2.75, 3.05) is 24.7 Å². The highest BCUT2D eigenvalue weighted by Crippen LogP contribution is 2.07. The molecule has 0 aliphatic carbocycles. The van der Waals surface area contributed by atoms with Gasteiger partial charge in [0.05, 0.1) is 19.3 Å². The summed E-state index contributed by atoms with van der Waals surface area (Å²) in [6.07, 6.45) is 3.10. The number of rotatable bonds is 0. The molecule has 0 spiro atoms. The van der Waals surface area contributed by atoms with Crippen molar-refractivity contribution in [1.29, 1.82) is 0 Å². The topological polar surface area (TPSA) is 52.3 Å². The van der Waals surface area contributed by atoms with E-state index in [4.69, 9.17) is 10.5 Å². The molecular weight excluding hydrogens is 234 g/mol. The van der Waals surface area contributed by atoms with Crippen LogP contribution in [0.15, 0.2) is 11.6 Å². The van der Waals surface area contributed by atoms with Gasteiger partial charge in [0.25, 0.3) is 0 Å². The van der Waals surface area contributed by atoms with E-state index < -0.39 is 10.8 Å². The molecule has 2 N–H and O–H groups in total. The minimum Gasteiger partial charge on any atom is -0.378 e. The van der Waals surface area contributed by atoms with E-state index in [1.165, 1.54) is 5.57 Å². The second-order valence-corrected chi connectivity index (χ2v) is 5.03. The lowest BCUT2D eigenvalue weighted by atomic mass is 10.2. The molecule has 0 amide bonds. The van der Waals surface area contributed by atoms with Crippen LogP contribution in [0.1, 0.15) is 41.0 Å². The SMILES string of the molecule is CC.CC.CC1=CCS(=O)CC1.NC1COC1. The Morgan fingerprint density at radius 3 is 1.94 bits per heavy atom. The largest absolute Gasteiger partial charge is 0.378 e. The Hall–Kier alpha value is -0.190. The summed E-state index contributed by atoms with van der Waals surface area (Å²) in [6, 6.07) is 0.343. The maximum atomic E-state index is 10.7. The molecule has 0 aromatic carbocycles. The van der Waals surface area contributed by atoms with Crippen molar-refractivity contribution in [1.82, 2.24) is 0 Å². The number of hydrogen-bond acceptors (Lipinski definition) is 3. The van der Waals surface area contributed by atoms with Crippen LogP contribution in [0.5, 0.6) is 0 Å². The summed E-state index contributed by atoms with van der Waals surface area (Å²) in [5, 5.41) is 0. The summed E-state index contributed by atoms with van der Waals surface area (Å²) in [6.45, 7) is 11.6. The summed E-state index contributed by atoms with van der Waals surface area (Å²) in [4.78, 5) is 0. The van der Waals surface area contributed by atoms with Crippen LogP contribution in [0, 0.1) is 0 Å². The zero-order valence-electron chi connectivity index (χ0n) is 12.0. The van der Waals surface area contributed by atoms with Crippen molar-refractivity contribution in [3.63, 3.8) is 0 Å². The van der Waals surface area contributed by atoms with Crippen LogP contribution in [0.2, 0.25) is 0 Å². The molecule has 0 aromatic heterocycles. The van der Waals surface area contributed by atoms with Crippen molar-refractivity contribution >= 4 is 10.8 Å². The molecule has 1 atom stereocenters.